The first-order valence-corrected chi connectivity index (χ1v) is 5.93. The van der Waals surface area contributed by atoms with Crippen LogP contribution in [0.25, 0.3) is 0 Å². The van der Waals surface area contributed by atoms with Gasteiger partial charge in [0.25, 0.3) is 5.91 Å². The molecule has 0 unspecified atom stereocenters. The second-order valence-corrected chi connectivity index (χ2v) is 4.48. The van der Waals surface area contributed by atoms with Gasteiger partial charge >= 0.3 is 0 Å². The fourth-order valence-electron chi connectivity index (χ4n) is 2.18. The summed E-state index contributed by atoms with van der Waals surface area (Å²) in [6, 6.07) is 2.05. The predicted octanol–water partition coefficient (Wildman–Crippen LogP) is 2.65. The lowest BCUT2D eigenvalue weighted by Gasteiger charge is -2.13. The number of halogens is 3. The molecular weight excluding hydrogens is 257 g/mol. The van der Waals surface area contributed by atoms with Crippen molar-refractivity contribution in [1.29, 1.82) is 5.26 Å². The van der Waals surface area contributed by atoms with Crippen molar-refractivity contribution in [3.05, 3.63) is 34.6 Å². The molecule has 0 radical (unpaired) electrons. The zero-order chi connectivity index (χ0) is 14.0. The number of carbonyl (C=O) groups is 1. The summed E-state index contributed by atoms with van der Waals surface area (Å²) in [5.74, 6) is -5.75. The molecule has 1 amide bonds. The van der Waals surface area contributed by atoms with Crippen molar-refractivity contribution in [3.8, 4) is 6.07 Å². The van der Waals surface area contributed by atoms with E-state index in [9.17, 15) is 18.0 Å². The molecule has 2 rings (SSSR count). The zero-order valence-electron chi connectivity index (χ0n) is 9.97. The van der Waals surface area contributed by atoms with Crippen LogP contribution >= 0.6 is 0 Å². The minimum Gasteiger partial charge on any atom is -0.349 e. The van der Waals surface area contributed by atoms with Gasteiger partial charge in [0.2, 0.25) is 0 Å². The van der Waals surface area contributed by atoms with Gasteiger partial charge in [-0.2, -0.15) is 5.26 Å². The van der Waals surface area contributed by atoms with Gasteiger partial charge in [-0.25, -0.2) is 13.2 Å². The lowest BCUT2D eigenvalue weighted by molar-refractivity contribution is 0.0932. The molecule has 1 saturated carbocycles. The molecule has 0 aliphatic heterocycles. The Hall–Kier alpha value is -2.03. The lowest BCUT2D eigenvalue weighted by atomic mass is 10.1. The van der Waals surface area contributed by atoms with Crippen LogP contribution in [-0.4, -0.2) is 11.9 Å². The van der Waals surface area contributed by atoms with Crippen LogP contribution < -0.4 is 5.32 Å². The Balaban J connectivity index is 2.31. The summed E-state index contributed by atoms with van der Waals surface area (Å²) < 4.78 is 39.9. The molecule has 1 aliphatic rings. The van der Waals surface area contributed by atoms with Crippen molar-refractivity contribution < 1.29 is 18.0 Å². The van der Waals surface area contributed by atoms with Gasteiger partial charge in [-0.05, 0) is 18.9 Å². The average Bonchev–Trinajstić information content (AvgIpc) is 2.89. The summed E-state index contributed by atoms with van der Waals surface area (Å²) in [6.45, 7) is 0. The second-order valence-electron chi connectivity index (χ2n) is 4.48. The van der Waals surface area contributed by atoms with E-state index >= 15 is 0 Å². The number of benzene rings is 1. The molecular formula is C13H11F3N2O. The lowest BCUT2D eigenvalue weighted by Crippen LogP contribution is -2.33. The summed E-state index contributed by atoms with van der Waals surface area (Å²) in [5.41, 5.74) is -1.32. The van der Waals surface area contributed by atoms with E-state index in [0.29, 0.717) is 0 Å². The first-order chi connectivity index (χ1) is 9.04. The van der Waals surface area contributed by atoms with E-state index in [-0.39, 0.29) is 6.04 Å². The topological polar surface area (TPSA) is 52.9 Å². The molecule has 100 valence electrons. The van der Waals surface area contributed by atoms with E-state index in [0.717, 1.165) is 31.7 Å². The van der Waals surface area contributed by atoms with Gasteiger partial charge < -0.3 is 5.32 Å². The molecule has 0 atom stereocenters. The Morgan fingerprint density at radius 2 is 1.84 bits per heavy atom. The molecule has 0 aromatic heterocycles. The van der Waals surface area contributed by atoms with Gasteiger partial charge in [-0.15, -0.1) is 0 Å². The summed E-state index contributed by atoms with van der Waals surface area (Å²) in [4.78, 5) is 11.8. The number of hydrogen-bond acceptors (Lipinski definition) is 2. The summed E-state index contributed by atoms with van der Waals surface area (Å²) >= 11 is 0. The van der Waals surface area contributed by atoms with E-state index in [2.05, 4.69) is 5.32 Å². The fourth-order valence-corrected chi connectivity index (χ4v) is 2.18. The quantitative estimate of drug-likeness (QED) is 0.838. The summed E-state index contributed by atoms with van der Waals surface area (Å²) in [5, 5.41) is 11.2. The maximum Gasteiger partial charge on any atom is 0.254 e. The second kappa shape index (κ2) is 5.31. The first-order valence-electron chi connectivity index (χ1n) is 5.93. The number of rotatable bonds is 2. The van der Waals surface area contributed by atoms with Crippen LogP contribution in [0, 0.1) is 28.8 Å². The van der Waals surface area contributed by atoms with Crippen LogP contribution in [0.1, 0.15) is 41.6 Å². The molecule has 0 heterocycles. The largest absolute Gasteiger partial charge is 0.349 e. The van der Waals surface area contributed by atoms with Gasteiger partial charge in [-0.1, -0.05) is 12.8 Å². The molecule has 19 heavy (non-hydrogen) atoms. The van der Waals surface area contributed by atoms with Crippen LogP contribution in [0.3, 0.4) is 0 Å². The van der Waals surface area contributed by atoms with Crippen molar-refractivity contribution >= 4 is 5.91 Å². The van der Waals surface area contributed by atoms with Crippen LogP contribution in [0.15, 0.2) is 6.07 Å². The Morgan fingerprint density at radius 3 is 2.42 bits per heavy atom. The molecule has 0 spiro atoms. The Morgan fingerprint density at radius 1 is 1.21 bits per heavy atom. The van der Waals surface area contributed by atoms with Crippen LogP contribution in [-0.2, 0) is 0 Å². The first kappa shape index (κ1) is 13.4. The van der Waals surface area contributed by atoms with Crippen molar-refractivity contribution in [2.75, 3.05) is 0 Å². The third-order valence-electron chi connectivity index (χ3n) is 3.20. The number of nitrogens with zero attached hydrogens (tertiary/aromatic N) is 1. The summed E-state index contributed by atoms with van der Waals surface area (Å²) in [7, 11) is 0. The molecule has 3 nitrogen and oxygen atoms in total. The minimum atomic E-state index is -1.80. The van der Waals surface area contributed by atoms with Crippen LogP contribution in [0.5, 0.6) is 0 Å². The average molecular weight is 268 g/mol. The number of nitriles is 1. The van der Waals surface area contributed by atoms with Crippen molar-refractivity contribution in [2.45, 2.75) is 31.7 Å². The number of nitrogens with one attached hydrogen (secondary N) is 1. The Kier molecular flexibility index (Phi) is 3.74. The van der Waals surface area contributed by atoms with Gasteiger partial charge in [0, 0.05) is 6.04 Å². The van der Waals surface area contributed by atoms with E-state index in [1.807, 2.05) is 0 Å². The minimum absolute atomic E-state index is 0.0782. The molecule has 1 fully saturated rings. The molecule has 1 N–H and O–H groups in total. The van der Waals surface area contributed by atoms with Crippen LogP contribution in [0.4, 0.5) is 13.2 Å². The summed E-state index contributed by atoms with van der Waals surface area (Å²) in [6.07, 6.45) is 3.49. The third-order valence-corrected chi connectivity index (χ3v) is 3.20. The Labute approximate surface area is 108 Å². The van der Waals surface area contributed by atoms with E-state index in [1.165, 1.54) is 6.07 Å². The maximum atomic E-state index is 13.5. The number of carbonyl (C=O) groups excluding carboxylic acids is 1. The van der Waals surface area contributed by atoms with E-state index in [4.69, 9.17) is 5.26 Å². The molecule has 6 heteroatoms. The van der Waals surface area contributed by atoms with Gasteiger partial charge in [0.15, 0.2) is 17.5 Å². The van der Waals surface area contributed by atoms with E-state index < -0.39 is 34.5 Å². The van der Waals surface area contributed by atoms with Gasteiger partial charge in [0.05, 0.1) is 11.1 Å². The highest BCUT2D eigenvalue weighted by atomic mass is 19.2. The smallest absolute Gasteiger partial charge is 0.254 e. The molecule has 0 bridgehead atoms. The van der Waals surface area contributed by atoms with Crippen molar-refractivity contribution in [1.82, 2.24) is 5.32 Å². The van der Waals surface area contributed by atoms with Crippen molar-refractivity contribution in [3.63, 3.8) is 0 Å². The van der Waals surface area contributed by atoms with Gasteiger partial charge in [0.1, 0.15) is 6.07 Å². The fraction of sp³-hybridized carbons (Fsp3) is 0.385. The van der Waals surface area contributed by atoms with Crippen LogP contribution in [0.2, 0.25) is 0 Å². The zero-order valence-corrected chi connectivity index (χ0v) is 9.97. The molecule has 1 aromatic carbocycles. The monoisotopic (exact) mass is 268 g/mol. The highest BCUT2D eigenvalue weighted by molar-refractivity contribution is 5.95. The third kappa shape index (κ3) is 2.55. The highest BCUT2D eigenvalue weighted by Crippen LogP contribution is 2.21. The Bertz CT molecular complexity index is 560. The van der Waals surface area contributed by atoms with E-state index in [1.54, 1.807) is 0 Å². The molecule has 1 aliphatic carbocycles. The standard InChI is InChI=1S/C13H11F3N2O/c14-10-7(6-17)5-9(11(15)12(10)16)13(19)18-8-3-1-2-4-8/h5,8H,1-4H2,(H,18,19). The highest BCUT2D eigenvalue weighted by Gasteiger charge is 2.25. The van der Waals surface area contributed by atoms with Gasteiger partial charge in [-0.3, -0.25) is 4.79 Å². The SMILES string of the molecule is N#Cc1cc(C(=O)NC2CCCC2)c(F)c(F)c1F. The maximum absolute atomic E-state index is 13.5. The number of hydrogen-bond donors (Lipinski definition) is 1. The molecule has 0 saturated heterocycles. The predicted molar refractivity (Wildman–Crippen MR) is 60.8 cm³/mol. The van der Waals surface area contributed by atoms with Crippen molar-refractivity contribution in [2.24, 2.45) is 0 Å². The number of amides is 1. The molecule has 1 aromatic rings. The normalized spacial score (nSPS) is 15.3.